The van der Waals surface area contributed by atoms with Gasteiger partial charge < -0.3 is 11.1 Å². The van der Waals surface area contributed by atoms with Gasteiger partial charge in [-0.2, -0.15) is 0 Å². The molecule has 0 aromatic carbocycles. The van der Waals surface area contributed by atoms with E-state index < -0.39 is 0 Å². The van der Waals surface area contributed by atoms with Crippen LogP contribution in [0.5, 0.6) is 0 Å². The minimum atomic E-state index is -0.315. The monoisotopic (exact) mass is 240 g/mol. The lowest BCUT2D eigenvalue weighted by Gasteiger charge is -2.26. The molecule has 0 saturated heterocycles. The molecular weight excluding hydrogens is 212 g/mol. The number of amides is 1. The molecule has 3 nitrogen and oxygen atoms in total. The summed E-state index contributed by atoms with van der Waals surface area (Å²) in [5.74, 6) is 1.70. The number of nitrogens with two attached hydrogens (primary N) is 1. The van der Waals surface area contributed by atoms with Crippen LogP contribution in [0, 0.1) is 11.8 Å². The number of carbonyl (C=O) groups excluding carboxylic acids is 1. The fourth-order valence-corrected chi connectivity index (χ4v) is 2.79. The van der Waals surface area contributed by atoms with Crippen LogP contribution in [0.25, 0.3) is 0 Å². The van der Waals surface area contributed by atoms with Crippen LogP contribution in [0.1, 0.15) is 58.8 Å². The highest BCUT2D eigenvalue weighted by Gasteiger charge is 2.19. The van der Waals surface area contributed by atoms with Gasteiger partial charge in [-0.1, -0.05) is 39.5 Å². The van der Waals surface area contributed by atoms with Gasteiger partial charge in [0.25, 0.3) is 0 Å². The number of rotatable bonds is 6. The van der Waals surface area contributed by atoms with Gasteiger partial charge in [0, 0.05) is 6.54 Å². The molecule has 1 aliphatic carbocycles. The topological polar surface area (TPSA) is 55.1 Å². The van der Waals surface area contributed by atoms with E-state index in [1.165, 1.54) is 25.7 Å². The summed E-state index contributed by atoms with van der Waals surface area (Å²) in [6.45, 7) is 5.19. The second-order valence-electron chi connectivity index (χ2n) is 5.61. The Bertz CT molecular complexity index is 230. The molecule has 3 heteroatoms. The molecule has 0 spiro atoms. The van der Waals surface area contributed by atoms with E-state index in [4.69, 9.17) is 5.73 Å². The van der Waals surface area contributed by atoms with Crippen molar-refractivity contribution in [1.82, 2.24) is 5.32 Å². The second kappa shape index (κ2) is 7.70. The zero-order valence-electron chi connectivity index (χ0n) is 11.4. The molecule has 3 N–H and O–H groups in total. The average molecular weight is 240 g/mol. The van der Waals surface area contributed by atoms with Crippen LogP contribution in [0.2, 0.25) is 0 Å². The SMILES string of the molecule is CCC[C@H](N)C(=O)NCCC1CCCC(C)C1. The molecule has 0 radical (unpaired) electrons. The Morgan fingerprint density at radius 2 is 2.24 bits per heavy atom. The largest absolute Gasteiger partial charge is 0.355 e. The van der Waals surface area contributed by atoms with E-state index in [1.54, 1.807) is 0 Å². The van der Waals surface area contributed by atoms with E-state index in [0.29, 0.717) is 0 Å². The average Bonchev–Trinajstić information content (AvgIpc) is 2.29. The van der Waals surface area contributed by atoms with E-state index in [-0.39, 0.29) is 11.9 Å². The molecule has 0 heterocycles. The molecule has 1 fully saturated rings. The van der Waals surface area contributed by atoms with E-state index in [2.05, 4.69) is 19.2 Å². The van der Waals surface area contributed by atoms with Crippen molar-refractivity contribution in [2.75, 3.05) is 6.54 Å². The normalized spacial score (nSPS) is 26.5. The third-order valence-corrected chi connectivity index (χ3v) is 3.83. The van der Waals surface area contributed by atoms with E-state index in [1.807, 2.05) is 0 Å². The van der Waals surface area contributed by atoms with Gasteiger partial charge in [0.15, 0.2) is 0 Å². The molecule has 0 aromatic heterocycles. The first kappa shape index (κ1) is 14.5. The summed E-state index contributed by atoms with van der Waals surface area (Å²) in [4.78, 5) is 11.6. The number of nitrogens with one attached hydrogen (secondary N) is 1. The Morgan fingerprint density at radius 3 is 2.88 bits per heavy atom. The standard InChI is InChI=1S/C14H28N2O/c1-3-5-13(15)14(17)16-9-8-12-7-4-6-11(2)10-12/h11-13H,3-10,15H2,1-2H3,(H,16,17)/t11?,12?,13-/m0/s1. The summed E-state index contributed by atoms with van der Waals surface area (Å²) in [7, 11) is 0. The molecule has 100 valence electrons. The summed E-state index contributed by atoms with van der Waals surface area (Å²) in [5.41, 5.74) is 5.76. The minimum absolute atomic E-state index is 0.0238. The van der Waals surface area contributed by atoms with Crippen molar-refractivity contribution in [2.45, 2.75) is 64.8 Å². The molecule has 0 bridgehead atoms. The first-order chi connectivity index (χ1) is 8.13. The van der Waals surface area contributed by atoms with E-state index in [9.17, 15) is 4.79 Å². The van der Waals surface area contributed by atoms with Crippen molar-refractivity contribution >= 4 is 5.91 Å². The zero-order valence-corrected chi connectivity index (χ0v) is 11.4. The van der Waals surface area contributed by atoms with Crippen LogP contribution in [-0.2, 0) is 4.79 Å². The van der Waals surface area contributed by atoms with Crippen LogP contribution in [0.4, 0.5) is 0 Å². The molecule has 0 aromatic rings. The summed E-state index contributed by atoms with van der Waals surface area (Å²) < 4.78 is 0. The van der Waals surface area contributed by atoms with Gasteiger partial charge in [-0.3, -0.25) is 4.79 Å². The van der Waals surface area contributed by atoms with Crippen LogP contribution >= 0.6 is 0 Å². The number of carbonyl (C=O) groups is 1. The first-order valence-corrected chi connectivity index (χ1v) is 7.16. The predicted octanol–water partition coefficient (Wildman–Crippen LogP) is 2.45. The van der Waals surface area contributed by atoms with Crippen LogP contribution in [-0.4, -0.2) is 18.5 Å². The summed E-state index contributed by atoms with van der Waals surface area (Å²) in [6, 6.07) is -0.315. The lowest BCUT2D eigenvalue weighted by atomic mass is 9.81. The summed E-state index contributed by atoms with van der Waals surface area (Å²) in [6.07, 6.45) is 8.27. The Morgan fingerprint density at radius 1 is 1.47 bits per heavy atom. The lowest BCUT2D eigenvalue weighted by molar-refractivity contribution is -0.122. The molecule has 1 rings (SSSR count). The van der Waals surface area contributed by atoms with Crippen LogP contribution < -0.4 is 11.1 Å². The number of hydrogen-bond acceptors (Lipinski definition) is 2. The molecule has 1 saturated carbocycles. The van der Waals surface area contributed by atoms with Gasteiger partial charge in [0.1, 0.15) is 0 Å². The highest BCUT2D eigenvalue weighted by atomic mass is 16.2. The smallest absolute Gasteiger partial charge is 0.236 e. The Balaban J connectivity index is 2.12. The van der Waals surface area contributed by atoms with Gasteiger partial charge in [0.05, 0.1) is 6.04 Å². The van der Waals surface area contributed by atoms with Crippen LogP contribution in [0.15, 0.2) is 0 Å². The molecule has 2 unspecified atom stereocenters. The molecular formula is C14H28N2O. The van der Waals surface area contributed by atoms with Crippen molar-refractivity contribution in [3.63, 3.8) is 0 Å². The lowest BCUT2D eigenvalue weighted by Crippen LogP contribution is -2.41. The highest BCUT2D eigenvalue weighted by Crippen LogP contribution is 2.30. The predicted molar refractivity (Wildman–Crippen MR) is 71.6 cm³/mol. The summed E-state index contributed by atoms with van der Waals surface area (Å²) >= 11 is 0. The van der Waals surface area contributed by atoms with Crippen molar-refractivity contribution in [1.29, 1.82) is 0 Å². The fraction of sp³-hybridized carbons (Fsp3) is 0.929. The molecule has 0 aliphatic heterocycles. The van der Waals surface area contributed by atoms with Gasteiger partial charge >= 0.3 is 0 Å². The summed E-state index contributed by atoms with van der Waals surface area (Å²) in [5, 5.41) is 2.97. The highest BCUT2D eigenvalue weighted by molar-refractivity contribution is 5.81. The van der Waals surface area contributed by atoms with Crippen LogP contribution in [0.3, 0.4) is 0 Å². The molecule has 1 aliphatic rings. The van der Waals surface area contributed by atoms with Crippen molar-refractivity contribution in [2.24, 2.45) is 17.6 Å². The number of hydrogen-bond donors (Lipinski definition) is 2. The van der Waals surface area contributed by atoms with Gasteiger partial charge in [-0.25, -0.2) is 0 Å². The first-order valence-electron chi connectivity index (χ1n) is 7.16. The maximum atomic E-state index is 11.6. The maximum absolute atomic E-state index is 11.6. The van der Waals surface area contributed by atoms with Crippen molar-refractivity contribution in [3.8, 4) is 0 Å². The zero-order chi connectivity index (χ0) is 12.7. The van der Waals surface area contributed by atoms with E-state index >= 15 is 0 Å². The minimum Gasteiger partial charge on any atom is -0.355 e. The fourth-order valence-electron chi connectivity index (χ4n) is 2.79. The van der Waals surface area contributed by atoms with Gasteiger partial charge in [-0.05, 0) is 31.1 Å². The van der Waals surface area contributed by atoms with Crippen molar-refractivity contribution < 1.29 is 4.79 Å². The molecule has 3 atom stereocenters. The quantitative estimate of drug-likeness (QED) is 0.749. The third-order valence-electron chi connectivity index (χ3n) is 3.83. The van der Waals surface area contributed by atoms with Gasteiger partial charge in [-0.15, -0.1) is 0 Å². The van der Waals surface area contributed by atoms with Gasteiger partial charge in [0.2, 0.25) is 5.91 Å². The van der Waals surface area contributed by atoms with Crippen molar-refractivity contribution in [3.05, 3.63) is 0 Å². The molecule has 1 amide bonds. The second-order valence-corrected chi connectivity index (χ2v) is 5.61. The molecule has 17 heavy (non-hydrogen) atoms. The Kier molecular flexibility index (Phi) is 6.56. The maximum Gasteiger partial charge on any atom is 0.236 e. The Labute approximate surface area is 106 Å². The third kappa shape index (κ3) is 5.53. The Hall–Kier alpha value is -0.570. The van der Waals surface area contributed by atoms with E-state index in [0.717, 1.165) is 37.6 Å².